The molecule has 11 heavy (non-hydrogen) atoms. The van der Waals surface area contributed by atoms with E-state index in [4.69, 9.17) is 0 Å². The molecule has 0 aliphatic heterocycles. The number of hydrogen-bond acceptors (Lipinski definition) is 1. The van der Waals surface area contributed by atoms with Crippen molar-refractivity contribution in [2.75, 3.05) is 0 Å². The quantitative estimate of drug-likeness (QED) is 0.331. The van der Waals surface area contributed by atoms with Crippen LogP contribution in [-0.2, 0) is 4.79 Å². The van der Waals surface area contributed by atoms with E-state index >= 15 is 0 Å². The molecule has 0 heterocycles. The number of halogens is 1. The fourth-order valence-corrected chi connectivity index (χ4v) is 2.91. The SMILES string of the molecule is O=CCCCC1(I)CCCC1. The van der Waals surface area contributed by atoms with Crippen molar-refractivity contribution in [3.05, 3.63) is 0 Å². The van der Waals surface area contributed by atoms with E-state index in [2.05, 4.69) is 22.6 Å². The van der Waals surface area contributed by atoms with E-state index in [0.29, 0.717) is 3.42 Å². The molecule has 2 heteroatoms. The van der Waals surface area contributed by atoms with Crippen LogP contribution in [0.4, 0.5) is 0 Å². The van der Waals surface area contributed by atoms with Gasteiger partial charge in [-0.05, 0) is 25.7 Å². The molecule has 0 aromatic rings. The van der Waals surface area contributed by atoms with Crippen molar-refractivity contribution >= 4 is 28.9 Å². The third-order valence-corrected chi connectivity index (χ3v) is 4.06. The van der Waals surface area contributed by atoms with Crippen LogP contribution in [-0.4, -0.2) is 9.71 Å². The van der Waals surface area contributed by atoms with Gasteiger partial charge in [-0.1, -0.05) is 35.4 Å². The van der Waals surface area contributed by atoms with Gasteiger partial charge in [0.2, 0.25) is 0 Å². The van der Waals surface area contributed by atoms with Gasteiger partial charge in [0.1, 0.15) is 6.29 Å². The van der Waals surface area contributed by atoms with Gasteiger partial charge in [0.05, 0.1) is 0 Å². The lowest BCUT2D eigenvalue weighted by Gasteiger charge is -2.19. The van der Waals surface area contributed by atoms with E-state index in [-0.39, 0.29) is 0 Å². The Morgan fingerprint density at radius 3 is 2.55 bits per heavy atom. The first-order chi connectivity index (χ1) is 5.27. The Morgan fingerprint density at radius 1 is 1.36 bits per heavy atom. The average molecular weight is 266 g/mol. The number of alkyl halides is 1. The average Bonchev–Trinajstić information content (AvgIpc) is 2.38. The van der Waals surface area contributed by atoms with Gasteiger partial charge in [-0.3, -0.25) is 0 Å². The van der Waals surface area contributed by atoms with Crippen LogP contribution in [0.2, 0.25) is 0 Å². The van der Waals surface area contributed by atoms with Crippen molar-refractivity contribution in [1.82, 2.24) is 0 Å². The van der Waals surface area contributed by atoms with Crippen LogP contribution >= 0.6 is 22.6 Å². The van der Waals surface area contributed by atoms with Crippen LogP contribution in [0.25, 0.3) is 0 Å². The molecule has 0 unspecified atom stereocenters. The first kappa shape index (κ1) is 9.49. The number of rotatable bonds is 4. The highest BCUT2D eigenvalue weighted by Crippen LogP contribution is 2.41. The zero-order valence-corrected chi connectivity index (χ0v) is 8.97. The Bertz CT molecular complexity index is 128. The van der Waals surface area contributed by atoms with E-state index in [1.54, 1.807) is 0 Å². The number of aldehydes is 1. The number of unbranched alkanes of at least 4 members (excludes halogenated alkanes) is 1. The van der Waals surface area contributed by atoms with E-state index in [1.165, 1.54) is 32.1 Å². The molecule has 0 aromatic carbocycles. The Hall–Kier alpha value is 0.400. The van der Waals surface area contributed by atoms with Crippen molar-refractivity contribution in [3.63, 3.8) is 0 Å². The van der Waals surface area contributed by atoms with Gasteiger partial charge in [-0.15, -0.1) is 0 Å². The van der Waals surface area contributed by atoms with Gasteiger partial charge in [-0.2, -0.15) is 0 Å². The highest BCUT2D eigenvalue weighted by molar-refractivity contribution is 14.1. The molecular formula is C9H15IO. The third kappa shape index (κ3) is 3.09. The maximum atomic E-state index is 10.1. The molecule has 0 aromatic heterocycles. The monoisotopic (exact) mass is 266 g/mol. The molecule has 0 atom stereocenters. The van der Waals surface area contributed by atoms with Crippen molar-refractivity contribution < 1.29 is 4.79 Å². The predicted molar refractivity (Wildman–Crippen MR) is 55.1 cm³/mol. The molecule has 0 N–H and O–H groups in total. The molecule has 64 valence electrons. The Labute approximate surface area is 82.1 Å². The Balaban J connectivity index is 2.17. The number of carbonyl (C=O) groups excluding carboxylic acids is 1. The summed E-state index contributed by atoms with van der Waals surface area (Å²) in [5.41, 5.74) is 0. The molecule has 1 rings (SSSR count). The summed E-state index contributed by atoms with van der Waals surface area (Å²) in [6.45, 7) is 0. The first-order valence-electron chi connectivity index (χ1n) is 4.39. The molecule has 0 radical (unpaired) electrons. The van der Waals surface area contributed by atoms with Crippen LogP contribution < -0.4 is 0 Å². The summed E-state index contributed by atoms with van der Waals surface area (Å²) in [5.74, 6) is 0. The summed E-state index contributed by atoms with van der Waals surface area (Å²) >= 11 is 2.59. The predicted octanol–water partition coefficient (Wildman–Crippen LogP) is 3.10. The van der Waals surface area contributed by atoms with E-state index in [9.17, 15) is 4.79 Å². The van der Waals surface area contributed by atoms with E-state index < -0.39 is 0 Å². The van der Waals surface area contributed by atoms with E-state index in [0.717, 1.165) is 19.1 Å². The second-order valence-corrected chi connectivity index (χ2v) is 5.71. The zero-order chi connectivity index (χ0) is 8.16. The summed E-state index contributed by atoms with van der Waals surface area (Å²) < 4.78 is 0.556. The van der Waals surface area contributed by atoms with Gasteiger partial charge >= 0.3 is 0 Å². The second-order valence-electron chi connectivity index (χ2n) is 3.42. The van der Waals surface area contributed by atoms with Gasteiger partial charge in [0.25, 0.3) is 0 Å². The maximum Gasteiger partial charge on any atom is 0.119 e. The standard InChI is InChI=1S/C9H15IO/c10-9(5-1-2-6-9)7-3-4-8-11/h8H,1-7H2. The molecule has 1 nitrogen and oxygen atoms in total. The normalized spacial score (nSPS) is 21.9. The van der Waals surface area contributed by atoms with Gasteiger partial charge in [-0.25, -0.2) is 0 Å². The molecule has 1 saturated carbocycles. The first-order valence-corrected chi connectivity index (χ1v) is 5.47. The smallest absolute Gasteiger partial charge is 0.119 e. The minimum atomic E-state index is 0.556. The number of hydrogen-bond donors (Lipinski definition) is 0. The summed E-state index contributed by atoms with van der Waals surface area (Å²) in [4.78, 5) is 10.1. The second kappa shape index (κ2) is 4.43. The lowest BCUT2D eigenvalue weighted by molar-refractivity contribution is -0.107. The highest BCUT2D eigenvalue weighted by atomic mass is 127. The lowest BCUT2D eigenvalue weighted by atomic mass is 10.0. The molecule has 0 amide bonds. The largest absolute Gasteiger partial charge is 0.303 e. The molecule has 0 bridgehead atoms. The summed E-state index contributed by atoms with van der Waals surface area (Å²) in [6.07, 6.45) is 9.64. The van der Waals surface area contributed by atoms with Crippen LogP contribution in [0.1, 0.15) is 44.9 Å². The van der Waals surface area contributed by atoms with Crippen LogP contribution in [0.5, 0.6) is 0 Å². The maximum absolute atomic E-state index is 10.1. The molecule has 1 aliphatic rings. The van der Waals surface area contributed by atoms with Crippen LogP contribution in [0.3, 0.4) is 0 Å². The van der Waals surface area contributed by atoms with Crippen molar-refractivity contribution in [2.24, 2.45) is 0 Å². The fourth-order valence-electron chi connectivity index (χ4n) is 1.76. The molecule has 0 saturated heterocycles. The minimum absolute atomic E-state index is 0.556. The molecule has 1 aliphatic carbocycles. The molecule has 1 fully saturated rings. The highest BCUT2D eigenvalue weighted by Gasteiger charge is 2.29. The van der Waals surface area contributed by atoms with Gasteiger partial charge < -0.3 is 4.79 Å². The minimum Gasteiger partial charge on any atom is -0.303 e. The van der Waals surface area contributed by atoms with Gasteiger partial charge in [0, 0.05) is 9.84 Å². The van der Waals surface area contributed by atoms with Crippen molar-refractivity contribution in [3.8, 4) is 0 Å². The van der Waals surface area contributed by atoms with Crippen molar-refractivity contribution in [2.45, 2.75) is 48.4 Å². The molecule has 0 spiro atoms. The van der Waals surface area contributed by atoms with Gasteiger partial charge in [0.15, 0.2) is 0 Å². The van der Waals surface area contributed by atoms with Crippen molar-refractivity contribution in [1.29, 1.82) is 0 Å². The fraction of sp³-hybridized carbons (Fsp3) is 0.889. The van der Waals surface area contributed by atoms with Crippen LogP contribution in [0.15, 0.2) is 0 Å². The molecular weight excluding hydrogens is 251 g/mol. The summed E-state index contributed by atoms with van der Waals surface area (Å²) in [7, 11) is 0. The van der Waals surface area contributed by atoms with E-state index in [1.807, 2.05) is 0 Å². The summed E-state index contributed by atoms with van der Waals surface area (Å²) in [5, 5.41) is 0. The Kier molecular flexibility index (Phi) is 3.82. The third-order valence-electron chi connectivity index (χ3n) is 2.45. The number of carbonyl (C=O) groups is 1. The zero-order valence-electron chi connectivity index (χ0n) is 6.81. The topological polar surface area (TPSA) is 17.1 Å². The van der Waals surface area contributed by atoms with Crippen LogP contribution in [0, 0.1) is 0 Å². The Morgan fingerprint density at radius 2 is 2.00 bits per heavy atom. The summed E-state index contributed by atoms with van der Waals surface area (Å²) in [6, 6.07) is 0. The lowest BCUT2D eigenvalue weighted by Crippen LogP contribution is -2.14.